The van der Waals surface area contributed by atoms with Gasteiger partial charge < -0.3 is 4.74 Å². The van der Waals surface area contributed by atoms with Crippen LogP contribution in [0.4, 0.5) is 4.39 Å². The number of fused-ring (bicyclic) bond motifs is 5. The molecule has 0 aromatic heterocycles. The van der Waals surface area contributed by atoms with Gasteiger partial charge in [0, 0.05) is 10.3 Å². The second kappa shape index (κ2) is 8.19. The van der Waals surface area contributed by atoms with Crippen molar-refractivity contribution in [1.82, 2.24) is 0 Å². The summed E-state index contributed by atoms with van der Waals surface area (Å²) in [5.74, 6) is 1.51. The lowest BCUT2D eigenvalue weighted by molar-refractivity contribution is -0.110. The van der Waals surface area contributed by atoms with Gasteiger partial charge in [-0.25, -0.2) is 4.39 Å². The van der Waals surface area contributed by atoms with E-state index in [4.69, 9.17) is 4.74 Å². The number of ketones is 1. The number of carbonyl (C=O) groups is 1. The van der Waals surface area contributed by atoms with E-state index in [2.05, 4.69) is 19.9 Å². The van der Waals surface area contributed by atoms with Gasteiger partial charge in [0.1, 0.15) is 11.9 Å². The fourth-order valence-corrected chi connectivity index (χ4v) is 8.01. The van der Waals surface area contributed by atoms with Crippen molar-refractivity contribution in [1.29, 1.82) is 0 Å². The Kier molecular flexibility index (Phi) is 5.59. The van der Waals surface area contributed by atoms with E-state index in [-0.39, 0.29) is 17.1 Å². The molecule has 0 radical (unpaired) electrons. The Morgan fingerprint density at radius 1 is 1.21 bits per heavy atom. The minimum Gasteiger partial charge on any atom is -0.500 e. The number of allylic oxidation sites excluding steroid dienone is 7. The van der Waals surface area contributed by atoms with Crippen molar-refractivity contribution in [2.24, 2.45) is 22.7 Å². The molecule has 4 aliphatic carbocycles. The highest BCUT2D eigenvalue weighted by Crippen LogP contribution is 2.64. The Morgan fingerprint density at radius 2 is 1.97 bits per heavy atom. The summed E-state index contributed by atoms with van der Waals surface area (Å²) in [5.41, 5.74) is 2.48. The number of rotatable bonds is 4. The van der Waals surface area contributed by atoms with Crippen LogP contribution in [0.1, 0.15) is 39.5 Å². The van der Waals surface area contributed by atoms with E-state index >= 15 is 4.39 Å². The summed E-state index contributed by atoms with van der Waals surface area (Å²) < 4.78 is 34.3. The standard InChI is InChI=1S/C28H31FO3S/c1-27-14-12-22-20(16-25(29)24-15-18(30)11-13-28(22,24)2)21(27)9-10-23(27)26(32-3)17-33(31)19-7-5-4-6-8-19/h4-8,11-13,15,20-21,25H,9-10,14,16-17H2,1-3H3/t20-,21-,25?,27-,28+,33?/m0/s1. The maximum atomic E-state index is 15.4. The zero-order valence-corrected chi connectivity index (χ0v) is 20.3. The van der Waals surface area contributed by atoms with Crippen molar-refractivity contribution >= 4 is 16.6 Å². The molecule has 0 saturated heterocycles. The van der Waals surface area contributed by atoms with Crippen LogP contribution in [0, 0.1) is 22.7 Å². The summed E-state index contributed by atoms with van der Waals surface area (Å²) >= 11 is 0. The molecule has 6 atom stereocenters. The van der Waals surface area contributed by atoms with Gasteiger partial charge in [0.15, 0.2) is 5.78 Å². The van der Waals surface area contributed by atoms with Gasteiger partial charge in [-0.2, -0.15) is 0 Å². The van der Waals surface area contributed by atoms with Crippen molar-refractivity contribution in [3.05, 3.63) is 77.1 Å². The summed E-state index contributed by atoms with van der Waals surface area (Å²) in [6.45, 7) is 4.34. The smallest absolute Gasteiger partial charge is 0.178 e. The Labute approximate surface area is 197 Å². The fraction of sp³-hybridized carbons (Fsp3) is 0.464. The van der Waals surface area contributed by atoms with E-state index in [0.29, 0.717) is 23.7 Å². The molecule has 2 fully saturated rings. The SMILES string of the molecule is COC(CS(=O)c1ccccc1)=C1CC[C@H]2[C@@H]3CC(F)C4=CC(=O)C=C[C@]4(C)C3=CC[C@]12C. The summed E-state index contributed by atoms with van der Waals surface area (Å²) in [4.78, 5) is 12.7. The molecule has 0 N–H and O–H groups in total. The van der Waals surface area contributed by atoms with Crippen LogP contribution in [0.3, 0.4) is 0 Å². The molecule has 1 aromatic carbocycles. The van der Waals surface area contributed by atoms with E-state index in [1.54, 1.807) is 13.2 Å². The second-order valence-corrected chi connectivity index (χ2v) is 11.6. The van der Waals surface area contributed by atoms with Crippen LogP contribution in [0.2, 0.25) is 0 Å². The third-order valence-corrected chi connectivity index (χ3v) is 9.89. The number of alkyl halides is 1. The minimum absolute atomic E-state index is 0.118. The first-order chi connectivity index (χ1) is 15.8. The van der Waals surface area contributed by atoms with Gasteiger partial charge in [-0.05, 0) is 85.3 Å². The number of hydrogen-bond donors (Lipinski definition) is 0. The first kappa shape index (κ1) is 22.5. The molecule has 0 bridgehead atoms. The summed E-state index contributed by atoms with van der Waals surface area (Å²) in [7, 11) is 0.496. The molecule has 2 unspecified atom stereocenters. The van der Waals surface area contributed by atoms with Gasteiger partial charge in [-0.3, -0.25) is 9.00 Å². The highest BCUT2D eigenvalue weighted by molar-refractivity contribution is 7.85. The monoisotopic (exact) mass is 466 g/mol. The molecule has 33 heavy (non-hydrogen) atoms. The molecular formula is C28H31FO3S. The zero-order chi connectivity index (χ0) is 23.4. The Balaban J connectivity index is 1.50. The summed E-state index contributed by atoms with van der Waals surface area (Å²) in [5, 5.41) is 0. The van der Waals surface area contributed by atoms with Crippen molar-refractivity contribution < 1.29 is 18.1 Å². The quantitative estimate of drug-likeness (QED) is 0.412. The first-order valence-electron chi connectivity index (χ1n) is 11.8. The Bertz CT molecular complexity index is 1130. The topological polar surface area (TPSA) is 43.4 Å². The number of halogens is 1. The van der Waals surface area contributed by atoms with E-state index in [9.17, 15) is 9.00 Å². The van der Waals surface area contributed by atoms with E-state index in [1.807, 2.05) is 36.4 Å². The van der Waals surface area contributed by atoms with Gasteiger partial charge in [0.05, 0.1) is 23.7 Å². The molecule has 3 nitrogen and oxygen atoms in total. The van der Waals surface area contributed by atoms with Crippen LogP contribution in [-0.2, 0) is 20.3 Å². The van der Waals surface area contributed by atoms with Gasteiger partial charge in [-0.15, -0.1) is 0 Å². The van der Waals surface area contributed by atoms with Crippen LogP contribution >= 0.6 is 0 Å². The Morgan fingerprint density at radius 3 is 2.70 bits per heavy atom. The summed E-state index contributed by atoms with van der Waals surface area (Å²) in [6.07, 6.45) is 9.36. The van der Waals surface area contributed by atoms with Gasteiger partial charge in [0.25, 0.3) is 0 Å². The number of ether oxygens (including phenoxy) is 1. The number of hydrogen-bond acceptors (Lipinski definition) is 3. The largest absolute Gasteiger partial charge is 0.500 e. The predicted molar refractivity (Wildman–Crippen MR) is 129 cm³/mol. The lowest BCUT2D eigenvalue weighted by Crippen LogP contribution is -2.45. The van der Waals surface area contributed by atoms with Crippen LogP contribution in [0.25, 0.3) is 0 Å². The van der Waals surface area contributed by atoms with E-state index in [1.165, 1.54) is 17.2 Å². The lowest BCUT2D eigenvalue weighted by atomic mass is 9.52. The first-order valence-corrected chi connectivity index (χ1v) is 13.1. The van der Waals surface area contributed by atoms with Crippen molar-refractivity contribution in [3.8, 4) is 0 Å². The maximum Gasteiger partial charge on any atom is 0.178 e. The van der Waals surface area contributed by atoms with Gasteiger partial charge in [-0.1, -0.05) is 42.8 Å². The van der Waals surface area contributed by atoms with Crippen molar-refractivity contribution in [3.63, 3.8) is 0 Å². The molecule has 0 spiro atoms. The normalized spacial score (nSPS) is 37.3. The number of benzene rings is 1. The highest BCUT2D eigenvalue weighted by atomic mass is 32.2. The third kappa shape index (κ3) is 3.51. The fourth-order valence-electron chi connectivity index (χ4n) is 6.85. The summed E-state index contributed by atoms with van der Waals surface area (Å²) in [6, 6.07) is 9.51. The molecule has 174 valence electrons. The molecule has 2 saturated carbocycles. The van der Waals surface area contributed by atoms with Gasteiger partial charge >= 0.3 is 0 Å². The van der Waals surface area contributed by atoms with Gasteiger partial charge in [0.2, 0.25) is 0 Å². The maximum absolute atomic E-state index is 15.4. The number of methoxy groups -OCH3 is 1. The van der Waals surface area contributed by atoms with Crippen LogP contribution in [0.5, 0.6) is 0 Å². The molecule has 0 heterocycles. The molecule has 1 aromatic rings. The third-order valence-electron chi connectivity index (χ3n) is 8.57. The Hall–Kier alpha value is -2.27. The number of carbonyl (C=O) groups excluding carboxylic acids is 1. The molecular weight excluding hydrogens is 435 g/mol. The average molecular weight is 467 g/mol. The van der Waals surface area contributed by atoms with Crippen LogP contribution in [0.15, 0.2) is 82.0 Å². The van der Waals surface area contributed by atoms with Crippen molar-refractivity contribution in [2.75, 3.05) is 12.9 Å². The zero-order valence-electron chi connectivity index (χ0n) is 19.5. The highest BCUT2D eigenvalue weighted by Gasteiger charge is 2.56. The second-order valence-electron chi connectivity index (χ2n) is 10.2. The minimum atomic E-state index is -1.18. The van der Waals surface area contributed by atoms with E-state index in [0.717, 1.165) is 29.9 Å². The van der Waals surface area contributed by atoms with Crippen molar-refractivity contribution in [2.45, 2.75) is 50.6 Å². The molecule has 0 amide bonds. The molecule has 4 aliphatic rings. The molecule has 5 rings (SSSR count). The predicted octanol–water partition coefficient (Wildman–Crippen LogP) is 5.87. The lowest BCUT2D eigenvalue weighted by Gasteiger charge is -2.52. The van der Waals surface area contributed by atoms with Crippen LogP contribution in [-0.4, -0.2) is 29.0 Å². The average Bonchev–Trinajstić information content (AvgIpc) is 3.16. The van der Waals surface area contributed by atoms with E-state index < -0.39 is 22.4 Å². The molecule has 0 aliphatic heterocycles. The molecule has 5 heteroatoms. The van der Waals surface area contributed by atoms with Crippen LogP contribution < -0.4 is 0 Å².